The van der Waals surface area contributed by atoms with Gasteiger partial charge in [-0.25, -0.2) is 0 Å². The van der Waals surface area contributed by atoms with Crippen molar-refractivity contribution in [3.63, 3.8) is 0 Å². The lowest BCUT2D eigenvalue weighted by Crippen LogP contribution is -2.33. The molecule has 1 saturated carbocycles. The van der Waals surface area contributed by atoms with Crippen LogP contribution in [0.25, 0.3) is 0 Å². The molecule has 1 fully saturated rings. The summed E-state index contributed by atoms with van der Waals surface area (Å²) in [5, 5.41) is 21.6. The van der Waals surface area contributed by atoms with Crippen molar-refractivity contribution in [2.45, 2.75) is 38.7 Å². The zero-order chi connectivity index (χ0) is 12.7. The fraction of sp³-hybridized carbons (Fsp3) is 0.917. The summed E-state index contributed by atoms with van der Waals surface area (Å²) in [7, 11) is 0. The average molecular weight is 245 g/mol. The molecule has 0 bridgehead atoms. The minimum absolute atomic E-state index is 0.0356. The number of aliphatic hydroxyl groups is 2. The predicted molar refractivity (Wildman–Crippen MR) is 63.5 cm³/mol. The van der Waals surface area contributed by atoms with Crippen molar-refractivity contribution in [3.8, 4) is 0 Å². The largest absolute Gasteiger partial charge is 0.466 e. The van der Waals surface area contributed by atoms with Crippen LogP contribution in [-0.4, -0.2) is 48.6 Å². The summed E-state index contributed by atoms with van der Waals surface area (Å²) in [5.41, 5.74) is 0.235. The number of nitrogens with one attached hydrogen (secondary N) is 1. The first-order chi connectivity index (χ1) is 8.12. The van der Waals surface area contributed by atoms with Crippen molar-refractivity contribution >= 4 is 5.97 Å². The first-order valence-corrected chi connectivity index (χ1v) is 6.27. The standard InChI is InChI=1S/C12H23NO4/c1-2-17-11(16)7-10(15)8-13-9-12(3-4-12)5-6-14/h10,13-15H,2-9H2,1H3. The Bertz CT molecular complexity index is 241. The smallest absolute Gasteiger partial charge is 0.308 e. The molecule has 0 spiro atoms. The van der Waals surface area contributed by atoms with E-state index in [2.05, 4.69) is 5.32 Å². The Morgan fingerprint density at radius 3 is 2.76 bits per heavy atom. The van der Waals surface area contributed by atoms with Crippen LogP contribution in [0, 0.1) is 5.41 Å². The van der Waals surface area contributed by atoms with Gasteiger partial charge in [0.25, 0.3) is 0 Å². The second-order valence-electron chi connectivity index (χ2n) is 4.77. The molecule has 3 N–H and O–H groups in total. The van der Waals surface area contributed by atoms with Crippen molar-refractivity contribution < 1.29 is 19.7 Å². The summed E-state index contributed by atoms with van der Waals surface area (Å²) < 4.78 is 4.75. The highest BCUT2D eigenvalue weighted by Crippen LogP contribution is 2.47. The normalized spacial score (nSPS) is 18.8. The van der Waals surface area contributed by atoms with Crippen LogP contribution in [0.15, 0.2) is 0 Å². The fourth-order valence-corrected chi connectivity index (χ4v) is 1.92. The van der Waals surface area contributed by atoms with Gasteiger partial charge >= 0.3 is 5.97 Å². The van der Waals surface area contributed by atoms with Crippen LogP contribution in [0.1, 0.15) is 32.6 Å². The van der Waals surface area contributed by atoms with Gasteiger partial charge in [-0.15, -0.1) is 0 Å². The van der Waals surface area contributed by atoms with Crippen LogP contribution >= 0.6 is 0 Å². The van der Waals surface area contributed by atoms with Crippen LogP contribution in [0.4, 0.5) is 0 Å². The molecule has 100 valence electrons. The van der Waals surface area contributed by atoms with Gasteiger partial charge in [-0.1, -0.05) is 0 Å². The van der Waals surface area contributed by atoms with E-state index in [1.165, 1.54) is 0 Å². The summed E-state index contributed by atoms with van der Waals surface area (Å²) in [6.45, 7) is 3.50. The van der Waals surface area contributed by atoms with Gasteiger partial charge in [0.15, 0.2) is 0 Å². The second-order valence-corrected chi connectivity index (χ2v) is 4.77. The molecular weight excluding hydrogens is 222 g/mol. The molecule has 0 heterocycles. The minimum atomic E-state index is -0.695. The fourth-order valence-electron chi connectivity index (χ4n) is 1.92. The third kappa shape index (κ3) is 5.48. The molecule has 0 aromatic rings. The summed E-state index contributed by atoms with van der Waals surface area (Å²) in [6.07, 6.45) is 2.42. The highest BCUT2D eigenvalue weighted by Gasteiger charge is 2.41. The highest BCUT2D eigenvalue weighted by molar-refractivity contribution is 5.69. The lowest BCUT2D eigenvalue weighted by molar-refractivity contribution is -0.145. The molecule has 1 aliphatic carbocycles. The topological polar surface area (TPSA) is 78.8 Å². The summed E-state index contributed by atoms with van der Waals surface area (Å²) in [6, 6.07) is 0. The molecule has 0 aromatic heterocycles. The summed E-state index contributed by atoms with van der Waals surface area (Å²) in [5.74, 6) is -0.363. The van der Waals surface area contributed by atoms with E-state index in [0.717, 1.165) is 25.8 Å². The van der Waals surface area contributed by atoms with Gasteiger partial charge in [-0.2, -0.15) is 0 Å². The number of ether oxygens (including phenoxy) is 1. The summed E-state index contributed by atoms with van der Waals surface area (Å²) in [4.78, 5) is 11.1. The molecule has 0 amide bonds. The van der Waals surface area contributed by atoms with E-state index in [-0.39, 0.29) is 24.4 Å². The van der Waals surface area contributed by atoms with Crippen molar-refractivity contribution in [2.75, 3.05) is 26.3 Å². The van der Waals surface area contributed by atoms with Crippen LogP contribution in [0.5, 0.6) is 0 Å². The van der Waals surface area contributed by atoms with Crippen molar-refractivity contribution in [1.29, 1.82) is 0 Å². The Balaban J connectivity index is 2.08. The van der Waals surface area contributed by atoms with Crippen LogP contribution in [0.2, 0.25) is 0 Å². The Morgan fingerprint density at radius 2 is 2.24 bits per heavy atom. The average Bonchev–Trinajstić information content (AvgIpc) is 2.99. The number of hydrogen-bond acceptors (Lipinski definition) is 5. The van der Waals surface area contributed by atoms with Crippen molar-refractivity contribution in [1.82, 2.24) is 5.32 Å². The lowest BCUT2D eigenvalue weighted by atomic mass is 10.0. The van der Waals surface area contributed by atoms with E-state index >= 15 is 0 Å². The molecule has 0 saturated heterocycles. The molecule has 0 radical (unpaired) electrons. The molecular formula is C12H23NO4. The van der Waals surface area contributed by atoms with Crippen molar-refractivity contribution in [2.24, 2.45) is 5.41 Å². The Kier molecular flexibility index (Phi) is 5.88. The third-order valence-corrected chi connectivity index (χ3v) is 3.19. The first kappa shape index (κ1) is 14.4. The van der Waals surface area contributed by atoms with Gasteiger partial charge in [0.05, 0.1) is 19.1 Å². The summed E-state index contributed by atoms with van der Waals surface area (Å²) >= 11 is 0. The molecule has 5 nitrogen and oxygen atoms in total. The SMILES string of the molecule is CCOC(=O)CC(O)CNCC1(CCO)CC1. The van der Waals surface area contributed by atoms with Gasteiger partial charge in [-0.05, 0) is 31.6 Å². The molecule has 5 heteroatoms. The quantitative estimate of drug-likeness (QED) is 0.500. The number of hydrogen-bond donors (Lipinski definition) is 3. The van der Waals surface area contributed by atoms with Gasteiger partial charge in [0.2, 0.25) is 0 Å². The number of aliphatic hydroxyl groups excluding tert-OH is 2. The van der Waals surface area contributed by atoms with Crippen LogP contribution in [-0.2, 0) is 9.53 Å². The van der Waals surface area contributed by atoms with Gasteiger partial charge in [0.1, 0.15) is 0 Å². The van der Waals surface area contributed by atoms with E-state index in [1.54, 1.807) is 6.92 Å². The molecule has 1 unspecified atom stereocenters. The molecule has 1 aliphatic rings. The van der Waals surface area contributed by atoms with Gasteiger partial charge in [0, 0.05) is 19.7 Å². The Labute approximate surface area is 102 Å². The molecule has 0 aliphatic heterocycles. The minimum Gasteiger partial charge on any atom is -0.466 e. The third-order valence-electron chi connectivity index (χ3n) is 3.19. The molecule has 1 atom stereocenters. The number of esters is 1. The van der Waals surface area contributed by atoms with E-state index in [1.807, 2.05) is 0 Å². The Morgan fingerprint density at radius 1 is 1.53 bits per heavy atom. The second kappa shape index (κ2) is 6.93. The highest BCUT2D eigenvalue weighted by atomic mass is 16.5. The monoisotopic (exact) mass is 245 g/mol. The number of carbonyl (C=O) groups is 1. The first-order valence-electron chi connectivity index (χ1n) is 6.27. The maximum atomic E-state index is 11.1. The van der Waals surface area contributed by atoms with E-state index < -0.39 is 6.10 Å². The number of carbonyl (C=O) groups excluding carboxylic acids is 1. The predicted octanol–water partition coefficient (Wildman–Crippen LogP) is 0.0527. The van der Waals surface area contributed by atoms with Crippen LogP contribution < -0.4 is 5.32 Å². The number of rotatable bonds is 9. The zero-order valence-corrected chi connectivity index (χ0v) is 10.4. The van der Waals surface area contributed by atoms with E-state index in [9.17, 15) is 9.90 Å². The Hall–Kier alpha value is -0.650. The van der Waals surface area contributed by atoms with Crippen molar-refractivity contribution in [3.05, 3.63) is 0 Å². The van der Waals surface area contributed by atoms with Crippen LogP contribution in [0.3, 0.4) is 0 Å². The zero-order valence-electron chi connectivity index (χ0n) is 10.4. The maximum absolute atomic E-state index is 11.1. The van der Waals surface area contributed by atoms with Gasteiger partial charge < -0.3 is 20.3 Å². The molecule has 0 aromatic carbocycles. The van der Waals surface area contributed by atoms with E-state index in [4.69, 9.17) is 9.84 Å². The van der Waals surface area contributed by atoms with Gasteiger partial charge in [-0.3, -0.25) is 4.79 Å². The molecule has 1 rings (SSSR count). The lowest BCUT2D eigenvalue weighted by Gasteiger charge is -2.16. The molecule has 17 heavy (non-hydrogen) atoms. The maximum Gasteiger partial charge on any atom is 0.308 e. The van der Waals surface area contributed by atoms with E-state index in [0.29, 0.717) is 13.2 Å².